The third-order valence-electron chi connectivity index (χ3n) is 4.80. The summed E-state index contributed by atoms with van der Waals surface area (Å²) in [5.74, 6) is 0. The number of hydrogen-bond acceptors (Lipinski definition) is 3. The van der Waals surface area contributed by atoms with Crippen molar-refractivity contribution in [2.45, 2.75) is 71.4 Å². The van der Waals surface area contributed by atoms with Crippen molar-refractivity contribution in [2.24, 2.45) is 5.41 Å². The number of rotatable bonds is 6. The maximum absolute atomic E-state index is 12.7. The first kappa shape index (κ1) is 17.2. The van der Waals surface area contributed by atoms with Gasteiger partial charge in [0.2, 0.25) is 0 Å². The van der Waals surface area contributed by atoms with Crippen LogP contribution in [0.4, 0.5) is 0 Å². The van der Waals surface area contributed by atoms with Crippen LogP contribution in [-0.2, 0) is 10.2 Å². The monoisotopic (exact) mass is 317 g/mol. The van der Waals surface area contributed by atoms with Crippen LogP contribution in [0.15, 0.2) is 0 Å². The van der Waals surface area contributed by atoms with Crippen molar-refractivity contribution < 1.29 is 8.42 Å². The van der Waals surface area contributed by atoms with Gasteiger partial charge in [0.25, 0.3) is 10.2 Å². The van der Waals surface area contributed by atoms with Gasteiger partial charge in [-0.25, -0.2) is 0 Å². The molecule has 2 rings (SSSR count). The third kappa shape index (κ3) is 4.65. The van der Waals surface area contributed by atoms with Crippen molar-refractivity contribution in [2.75, 3.05) is 19.6 Å². The van der Waals surface area contributed by atoms with Crippen LogP contribution in [0.5, 0.6) is 0 Å². The molecule has 0 spiro atoms. The van der Waals surface area contributed by atoms with E-state index in [2.05, 4.69) is 30.8 Å². The summed E-state index contributed by atoms with van der Waals surface area (Å²) in [6, 6.07) is 0.206. The molecule has 0 amide bonds. The second kappa shape index (κ2) is 6.94. The molecule has 1 aliphatic heterocycles. The lowest BCUT2D eigenvalue weighted by Gasteiger charge is -2.35. The fourth-order valence-corrected chi connectivity index (χ4v) is 5.32. The molecular weight excluding hydrogens is 286 g/mol. The van der Waals surface area contributed by atoms with Gasteiger partial charge in [0.15, 0.2) is 0 Å². The molecule has 124 valence electrons. The molecule has 2 unspecified atom stereocenters. The van der Waals surface area contributed by atoms with Gasteiger partial charge < -0.3 is 5.32 Å². The minimum Gasteiger partial charge on any atom is -0.315 e. The molecule has 0 radical (unpaired) electrons. The molecular formula is C15H31N3O2S. The molecule has 2 N–H and O–H groups in total. The van der Waals surface area contributed by atoms with E-state index in [1.165, 1.54) is 0 Å². The minimum atomic E-state index is -3.35. The fourth-order valence-electron chi connectivity index (χ4n) is 3.62. The molecule has 6 heteroatoms. The summed E-state index contributed by atoms with van der Waals surface area (Å²) >= 11 is 0. The van der Waals surface area contributed by atoms with E-state index in [-0.39, 0.29) is 17.5 Å². The Balaban J connectivity index is 1.99. The van der Waals surface area contributed by atoms with Gasteiger partial charge >= 0.3 is 0 Å². The predicted octanol–water partition coefficient (Wildman–Crippen LogP) is 1.86. The molecule has 2 aliphatic rings. The Morgan fingerprint density at radius 1 is 1.24 bits per heavy atom. The quantitative estimate of drug-likeness (QED) is 0.786. The first-order valence-electron chi connectivity index (χ1n) is 8.34. The maximum atomic E-state index is 12.7. The second-order valence-corrected chi connectivity index (χ2v) is 8.95. The molecule has 0 aromatic carbocycles. The Hall–Kier alpha value is -0.170. The van der Waals surface area contributed by atoms with E-state index < -0.39 is 10.2 Å². The molecule has 5 nitrogen and oxygen atoms in total. The topological polar surface area (TPSA) is 61.4 Å². The van der Waals surface area contributed by atoms with E-state index >= 15 is 0 Å². The van der Waals surface area contributed by atoms with Crippen LogP contribution in [0.2, 0.25) is 0 Å². The van der Waals surface area contributed by atoms with Crippen molar-refractivity contribution >= 4 is 10.2 Å². The van der Waals surface area contributed by atoms with Gasteiger partial charge in [-0.05, 0) is 44.1 Å². The van der Waals surface area contributed by atoms with Crippen molar-refractivity contribution in [3.8, 4) is 0 Å². The standard InChI is InChI=1S/C15H31N3O2S/c1-4-16-12-14-7-5-6-10-18(14)21(19,20)17-13-8-9-15(2,3)11-13/h13-14,16-17H,4-12H2,1-3H3. The first-order chi connectivity index (χ1) is 9.84. The largest absolute Gasteiger partial charge is 0.315 e. The van der Waals surface area contributed by atoms with Crippen LogP contribution < -0.4 is 10.0 Å². The van der Waals surface area contributed by atoms with Crippen LogP contribution in [-0.4, -0.2) is 44.4 Å². The highest BCUT2D eigenvalue weighted by Crippen LogP contribution is 2.37. The molecule has 1 aliphatic carbocycles. The van der Waals surface area contributed by atoms with Crippen molar-refractivity contribution in [3.05, 3.63) is 0 Å². The molecule has 0 aromatic heterocycles. The average molecular weight is 317 g/mol. The zero-order valence-electron chi connectivity index (χ0n) is 13.7. The maximum Gasteiger partial charge on any atom is 0.279 e. The molecule has 2 fully saturated rings. The Morgan fingerprint density at radius 3 is 2.62 bits per heavy atom. The van der Waals surface area contributed by atoms with Crippen molar-refractivity contribution in [1.82, 2.24) is 14.3 Å². The summed E-state index contributed by atoms with van der Waals surface area (Å²) in [5, 5.41) is 3.29. The van der Waals surface area contributed by atoms with Gasteiger partial charge in [-0.3, -0.25) is 0 Å². The Morgan fingerprint density at radius 2 is 2.00 bits per heavy atom. The number of nitrogens with zero attached hydrogens (tertiary/aromatic N) is 1. The molecule has 1 heterocycles. The first-order valence-corrected chi connectivity index (χ1v) is 9.78. The van der Waals surface area contributed by atoms with E-state index in [1.807, 2.05) is 0 Å². The summed E-state index contributed by atoms with van der Waals surface area (Å²) in [4.78, 5) is 0. The van der Waals surface area contributed by atoms with E-state index in [1.54, 1.807) is 4.31 Å². The zero-order valence-corrected chi connectivity index (χ0v) is 14.5. The van der Waals surface area contributed by atoms with E-state index in [0.717, 1.165) is 51.6 Å². The smallest absolute Gasteiger partial charge is 0.279 e. The van der Waals surface area contributed by atoms with E-state index in [4.69, 9.17) is 0 Å². The minimum absolute atomic E-state index is 0.102. The molecule has 1 saturated carbocycles. The van der Waals surface area contributed by atoms with Crippen LogP contribution >= 0.6 is 0 Å². The van der Waals surface area contributed by atoms with Crippen LogP contribution in [0.25, 0.3) is 0 Å². The lowest BCUT2D eigenvalue weighted by atomic mass is 9.92. The van der Waals surface area contributed by atoms with Crippen LogP contribution in [0, 0.1) is 5.41 Å². The number of likely N-dealkylation sites (N-methyl/N-ethyl adjacent to an activating group) is 1. The normalized spacial score (nSPS) is 30.6. The van der Waals surface area contributed by atoms with Gasteiger partial charge in [-0.15, -0.1) is 0 Å². The molecule has 1 saturated heterocycles. The van der Waals surface area contributed by atoms with Gasteiger partial charge in [-0.2, -0.15) is 17.4 Å². The molecule has 0 bridgehead atoms. The summed E-state index contributed by atoms with van der Waals surface area (Å²) in [7, 11) is -3.35. The summed E-state index contributed by atoms with van der Waals surface area (Å²) in [6.45, 7) is 8.79. The van der Waals surface area contributed by atoms with Crippen LogP contribution in [0.3, 0.4) is 0 Å². The second-order valence-electron chi connectivity index (χ2n) is 7.29. The Kier molecular flexibility index (Phi) is 5.68. The fraction of sp³-hybridized carbons (Fsp3) is 1.00. The van der Waals surface area contributed by atoms with Gasteiger partial charge in [0.1, 0.15) is 0 Å². The summed E-state index contributed by atoms with van der Waals surface area (Å²) < 4.78 is 30.1. The van der Waals surface area contributed by atoms with Crippen LogP contribution in [0.1, 0.15) is 59.3 Å². The zero-order chi connectivity index (χ0) is 15.5. The number of piperidine rings is 1. The lowest BCUT2D eigenvalue weighted by molar-refractivity contribution is 0.242. The van der Waals surface area contributed by atoms with Gasteiger partial charge in [0.05, 0.1) is 0 Å². The summed E-state index contributed by atoms with van der Waals surface area (Å²) in [5.41, 5.74) is 0.262. The molecule has 0 aromatic rings. The van der Waals surface area contributed by atoms with E-state index in [0.29, 0.717) is 6.54 Å². The predicted molar refractivity (Wildman–Crippen MR) is 86.4 cm³/mol. The van der Waals surface area contributed by atoms with Crippen molar-refractivity contribution in [3.63, 3.8) is 0 Å². The number of nitrogens with one attached hydrogen (secondary N) is 2. The van der Waals surface area contributed by atoms with Gasteiger partial charge in [0, 0.05) is 25.2 Å². The molecule has 2 atom stereocenters. The highest BCUT2D eigenvalue weighted by atomic mass is 32.2. The SMILES string of the molecule is CCNCC1CCCCN1S(=O)(=O)NC1CCC(C)(C)C1. The van der Waals surface area contributed by atoms with E-state index in [9.17, 15) is 8.42 Å². The van der Waals surface area contributed by atoms with Gasteiger partial charge in [-0.1, -0.05) is 27.2 Å². The number of hydrogen-bond donors (Lipinski definition) is 2. The Labute approximate surface area is 130 Å². The highest BCUT2D eigenvalue weighted by Gasteiger charge is 2.37. The molecule has 21 heavy (non-hydrogen) atoms. The highest BCUT2D eigenvalue weighted by molar-refractivity contribution is 7.87. The lowest BCUT2D eigenvalue weighted by Crippen LogP contribution is -2.54. The average Bonchev–Trinajstić information content (AvgIpc) is 2.75. The third-order valence-corrected chi connectivity index (χ3v) is 6.53. The summed E-state index contributed by atoms with van der Waals surface area (Å²) in [6.07, 6.45) is 6.05. The van der Waals surface area contributed by atoms with Crippen molar-refractivity contribution in [1.29, 1.82) is 0 Å². The Bertz CT molecular complexity index is 436.